The molecule has 0 spiro atoms. The number of hydrogen-bond acceptors (Lipinski definition) is 2. The molecular weight excluding hydrogens is 235 g/mol. The summed E-state index contributed by atoms with van der Waals surface area (Å²) >= 11 is 0. The zero-order valence-electron chi connectivity index (χ0n) is 9.76. The van der Waals surface area contributed by atoms with Gasteiger partial charge in [-0.3, -0.25) is 0 Å². The van der Waals surface area contributed by atoms with Gasteiger partial charge < -0.3 is 16.0 Å². The molecule has 1 saturated carbocycles. The van der Waals surface area contributed by atoms with Gasteiger partial charge in [0.15, 0.2) is 0 Å². The molecule has 100 valence electrons. The zero-order chi connectivity index (χ0) is 13.1. The van der Waals surface area contributed by atoms with Crippen LogP contribution in [-0.4, -0.2) is 42.8 Å². The fraction of sp³-hybridized carbons (Fsp3) is 0.900. The van der Waals surface area contributed by atoms with E-state index < -0.39 is 18.8 Å². The lowest BCUT2D eigenvalue weighted by atomic mass is 9.90. The van der Waals surface area contributed by atoms with Gasteiger partial charge in [-0.25, -0.2) is 4.79 Å². The highest BCUT2D eigenvalue weighted by atomic mass is 19.4. The normalized spacial score (nSPS) is 25.5. The summed E-state index contributed by atoms with van der Waals surface area (Å²) in [6, 6.07) is -1.04. The van der Waals surface area contributed by atoms with Crippen LogP contribution < -0.4 is 11.1 Å². The number of nitrogens with zero attached hydrogens (tertiary/aromatic N) is 1. The molecule has 0 heterocycles. The topological polar surface area (TPSA) is 58.4 Å². The Bertz CT molecular complexity index is 270. The van der Waals surface area contributed by atoms with Crippen LogP contribution >= 0.6 is 0 Å². The van der Waals surface area contributed by atoms with E-state index in [0.29, 0.717) is 0 Å². The van der Waals surface area contributed by atoms with Gasteiger partial charge in [0, 0.05) is 19.1 Å². The number of carbonyl (C=O) groups is 1. The zero-order valence-corrected chi connectivity index (χ0v) is 9.76. The van der Waals surface area contributed by atoms with Crippen molar-refractivity contribution in [2.24, 2.45) is 5.73 Å². The van der Waals surface area contributed by atoms with Crippen LogP contribution in [0.4, 0.5) is 18.0 Å². The number of halogens is 3. The molecule has 17 heavy (non-hydrogen) atoms. The van der Waals surface area contributed by atoms with Crippen molar-refractivity contribution in [2.45, 2.75) is 43.9 Å². The van der Waals surface area contributed by atoms with Gasteiger partial charge in [0.1, 0.15) is 6.54 Å². The Morgan fingerprint density at radius 1 is 1.41 bits per heavy atom. The van der Waals surface area contributed by atoms with E-state index in [1.807, 2.05) is 5.32 Å². The molecule has 2 amide bonds. The standard InChI is InChI=1S/C10H18F3N3O/c1-16(8-5-3-2-4-7(8)14)9(17)15-6-10(11,12)13/h7-8H,2-6,14H2,1H3,(H,15,17). The molecule has 0 bridgehead atoms. The van der Waals surface area contributed by atoms with Gasteiger partial charge in [-0.05, 0) is 12.8 Å². The van der Waals surface area contributed by atoms with E-state index in [1.165, 1.54) is 11.9 Å². The van der Waals surface area contributed by atoms with E-state index in [-0.39, 0.29) is 12.1 Å². The SMILES string of the molecule is CN(C(=O)NCC(F)(F)F)C1CCCCC1N. The van der Waals surface area contributed by atoms with Crippen molar-refractivity contribution in [1.29, 1.82) is 0 Å². The highest BCUT2D eigenvalue weighted by Gasteiger charge is 2.31. The van der Waals surface area contributed by atoms with Gasteiger partial charge in [0.25, 0.3) is 0 Å². The first-order valence-electron chi connectivity index (χ1n) is 5.64. The number of urea groups is 1. The second-order valence-corrected chi connectivity index (χ2v) is 4.40. The number of amides is 2. The molecule has 2 unspecified atom stereocenters. The molecule has 1 rings (SSSR count). The molecular formula is C10H18F3N3O. The molecule has 0 aromatic carbocycles. The number of hydrogen-bond donors (Lipinski definition) is 2. The first kappa shape index (κ1) is 14.1. The number of alkyl halides is 3. The summed E-state index contributed by atoms with van der Waals surface area (Å²) in [5.41, 5.74) is 5.86. The summed E-state index contributed by atoms with van der Waals surface area (Å²) in [6.07, 6.45) is -0.866. The maximum Gasteiger partial charge on any atom is 0.405 e. The Morgan fingerprint density at radius 3 is 2.53 bits per heavy atom. The third kappa shape index (κ3) is 4.41. The highest BCUT2D eigenvalue weighted by molar-refractivity contribution is 5.74. The van der Waals surface area contributed by atoms with E-state index in [9.17, 15) is 18.0 Å². The molecule has 0 radical (unpaired) electrons. The molecule has 1 aliphatic carbocycles. The minimum atomic E-state index is -4.38. The molecule has 0 saturated heterocycles. The number of likely N-dealkylation sites (N-methyl/N-ethyl adjacent to an activating group) is 1. The summed E-state index contributed by atoms with van der Waals surface area (Å²) in [4.78, 5) is 12.8. The van der Waals surface area contributed by atoms with E-state index >= 15 is 0 Å². The van der Waals surface area contributed by atoms with Gasteiger partial charge in [0.2, 0.25) is 0 Å². The number of nitrogens with one attached hydrogen (secondary N) is 1. The monoisotopic (exact) mass is 253 g/mol. The largest absolute Gasteiger partial charge is 0.405 e. The Balaban J connectivity index is 2.45. The van der Waals surface area contributed by atoms with Crippen LogP contribution in [0, 0.1) is 0 Å². The molecule has 1 fully saturated rings. The van der Waals surface area contributed by atoms with Crippen LogP contribution in [0.1, 0.15) is 25.7 Å². The van der Waals surface area contributed by atoms with Gasteiger partial charge in [-0.1, -0.05) is 12.8 Å². The Labute approximate surface area is 98.3 Å². The van der Waals surface area contributed by atoms with Crippen molar-refractivity contribution in [1.82, 2.24) is 10.2 Å². The molecule has 4 nitrogen and oxygen atoms in total. The molecule has 0 aromatic rings. The molecule has 1 aliphatic rings. The molecule has 0 aromatic heterocycles. The third-order valence-corrected chi connectivity index (χ3v) is 3.04. The maximum atomic E-state index is 11.9. The first-order chi connectivity index (χ1) is 7.81. The van der Waals surface area contributed by atoms with Crippen LogP contribution in [0.3, 0.4) is 0 Å². The van der Waals surface area contributed by atoms with Crippen LogP contribution in [0.2, 0.25) is 0 Å². The molecule has 2 atom stereocenters. The van der Waals surface area contributed by atoms with Crippen molar-refractivity contribution in [3.63, 3.8) is 0 Å². The Morgan fingerprint density at radius 2 is 2.00 bits per heavy atom. The lowest BCUT2D eigenvalue weighted by Gasteiger charge is -2.35. The minimum absolute atomic E-state index is 0.148. The van der Waals surface area contributed by atoms with Gasteiger partial charge >= 0.3 is 12.2 Å². The molecule has 3 N–H and O–H groups in total. The smallest absolute Gasteiger partial charge is 0.329 e. The summed E-state index contributed by atoms with van der Waals surface area (Å²) < 4.78 is 35.8. The van der Waals surface area contributed by atoms with Crippen molar-refractivity contribution in [2.75, 3.05) is 13.6 Å². The Kier molecular flexibility index (Phi) is 4.62. The van der Waals surface area contributed by atoms with Crippen molar-refractivity contribution >= 4 is 6.03 Å². The fourth-order valence-corrected chi connectivity index (χ4v) is 2.07. The lowest BCUT2D eigenvalue weighted by Crippen LogP contribution is -2.53. The fourth-order valence-electron chi connectivity index (χ4n) is 2.07. The van der Waals surface area contributed by atoms with Crippen LogP contribution in [0.25, 0.3) is 0 Å². The summed E-state index contributed by atoms with van der Waals surface area (Å²) in [7, 11) is 1.49. The average molecular weight is 253 g/mol. The second-order valence-electron chi connectivity index (χ2n) is 4.40. The number of rotatable bonds is 2. The van der Waals surface area contributed by atoms with E-state index in [0.717, 1.165) is 25.7 Å². The minimum Gasteiger partial charge on any atom is -0.329 e. The van der Waals surface area contributed by atoms with E-state index in [4.69, 9.17) is 5.73 Å². The second kappa shape index (κ2) is 5.57. The van der Waals surface area contributed by atoms with Gasteiger partial charge in [-0.2, -0.15) is 13.2 Å². The highest BCUT2D eigenvalue weighted by Crippen LogP contribution is 2.21. The van der Waals surface area contributed by atoms with Crippen molar-refractivity contribution in [3.05, 3.63) is 0 Å². The van der Waals surface area contributed by atoms with Gasteiger partial charge in [0.05, 0.1) is 0 Å². The first-order valence-corrected chi connectivity index (χ1v) is 5.64. The lowest BCUT2D eigenvalue weighted by molar-refractivity contribution is -0.123. The maximum absolute atomic E-state index is 11.9. The number of carbonyl (C=O) groups excluding carboxylic acids is 1. The number of nitrogens with two attached hydrogens (primary N) is 1. The Hall–Kier alpha value is -0.980. The summed E-state index contributed by atoms with van der Waals surface area (Å²) in [5.74, 6) is 0. The van der Waals surface area contributed by atoms with E-state index in [2.05, 4.69) is 0 Å². The van der Waals surface area contributed by atoms with Crippen molar-refractivity contribution in [3.8, 4) is 0 Å². The van der Waals surface area contributed by atoms with Crippen LogP contribution in [-0.2, 0) is 0 Å². The summed E-state index contributed by atoms with van der Waals surface area (Å²) in [6.45, 7) is -1.31. The molecule has 0 aliphatic heterocycles. The van der Waals surface area contributed by atoms with Crippen molar-refractivity contribution < 1.29 is 18.0 Å². The van der Waals surface area contributed by atoms with E-state index in [1.54, 1.807) is 0 Å². The molecule has 7 heteroatoms. The quantitative estimate of drug-likeness (QED) is 0.782. The summed E-state index contributed by atoms with van der Waals surface area (Å²) in [5, 5.41) is 1.85. The predicted molar refractivity (Wildman–Crippen MR) is 57.4 cm³/mol. The predicted octanol–water partition coefficient (Wildman–Crippen LogP) is 1.46. The van der Waals surface area contributed by atoms with Gasteiger partial charge in [-0.15, -0.1) is 0 Å². The van der Waals surface area contributed by atoms with Crippen LogP contribution in [0.15, 0.2) is 0 Å². The third-order valence-electron chi connectivity index (χ3n) is 3.04. The van der Waals surface area contributed by atoms with Crippen LogP contribution in [0.5, 0.6) is 0 Å². The average Bonchev–Trinajstić information content (AvgIpc) is 2.24.